The summed E-state index contributed by atoms with van der Waals surface area (Å²) in [5.74, 6) is 0.715. The van der Waals surface area contributed by atoms with E-state index in [1.54, 1.807) is 17.4 Å². The Kier molecular flexibility index (Phi) is 7.30. The first kappa shape index (κ1) is 20.6. The van der Waals surface area contributed by atoms with E-state index in [1.165, 1.54) is 16.6 Å². The van der Waals surface area contributed by atoms with Crippen molar-refractivity contribution in [3.63, 3.8) is 0 Å². The molecule has 1 atom stereocenters. The number of benzene rings is 1. The number of thioether (sulfide) groups is 1. The number of carbonyl (C=O) groups excluding carboxylic acids is 1. The molecule has 1 unspecified atom stereocenters. The lowest BCUT2D eigenvalue weighted by molar-refractivity contribution is -0.120. The lowest BCUT2D eigenvalue weighted by Crippen LogP contribution is -2.32. The number of nitrogens with one attached hydrogen (secondary N) is 1. The largest absolute Gasteiger partial charge is 0.355 e. The topological polar surface area (TPSA) is 59.8 Å². The zero-order chi connectivity index (χ0) is 19.9. The summed E-state index contributed by atoms with van der Waals surface area (Å²) in [7, 11) is 0. The molecule has 0 bridgehead atoms. The Morgan fingerprint density at radius 1 is 1.36 bits per heavy atom. The van der Waals surface area contributed by atoms with E-state index in [4.69, 9.17) is 11.6 Å². The fourth-order valence-corrected chi connectivity index (χ4v) is 4.32. The lowest BCUT2D eigenvalue weighted by atomic mass is 10.2. The van der Waals surface area contributed by atoms with Crippen LogP contribution in [0.3, 0.4) is 0 Å². The molecule has 1 aromatic carbocycles. The molecular weight excluding hydrogens is 412 g/mol. The Hall–Kier alpha value is -2.09. The SMILES string of the molecule is C=CCn1c(SC(C)C(=O)NCCc2cccs2)nnc1-c1ccc(Cl)cc1. The van der Waals surface area contributed by atoms with Crippen LogP contribution in [0.5, 0.6) is 0 Å². The summed E-state index contributed by atoms with van der Waals surface area (Å²) in [5.41, 5.74) is 0.915. The van der Waals surface area contributed by atoms with Crippen LogP contribution in [-0.2, 0) is 17.8 Å². The van der Waals surface area contributed by atoms with E-state index in [-0.39, 0.29) is 11.2 Å². The third kappa shape index (κ3) is 5.25. The lowest BCUT2D eigenvalue weighted by Gasteiger charge is -2.13. The van der Waals surface area contributed by atoms with Crippen LogP contribution in [0.4, 0.5) is 0 Å². The highest BCUT2D eigenvalue weighted by Gasteiger charge is 2.20. The summed E-state index contributed by atoms with van der Waals surface area (Å²) < 4.78 is 1.95. The van der Waals surface area contributed by atoms with Gasteiger partial charge in [-0.15, -0.1) is 28.1 Å². The predicted molar refractivity (Wildman–Crippen MR) is 117 cm³/mol. The maximum absolute atomic E-state index is 12.4. The molecule has 0 aliphatic rings. The number of hydrogen-bond donors (Lipinski definition) is 1. The number of carbonyl (C=O) groups is 1. The van der Waals surface area contributed by atoms with Gasteiger partial charge in [-0.25, -0.2) is 0 Å². The van der Waals surface area contributed by atoms with Crippen molar-refractivity contribution in [2.45, 2.75) is 30.3 Å². The number of allylic oxidation sites excluding steroid dienone is 1. The standard InChI is InChI=1S/C20H21ClN4OS2/c1-3-12-25-18(15-6-8-16(21)9-7-15)23-24-20(25)28-14(2)19(26)22-11-10-17-5-4-13-27-17/h3-9,13-14H,1,10-12H2,2H3,(H,22,26). The zero-order valence-corrected chi connectivity index (χ0v) is 17.9. The minimum Gasteiger partial charge on any atom is -0.355 e. The van der Waals surface area contributed by atoms with E-state index in [1.807, 2.05) is 47.2 Å². The molecule has 2 aromatic heterocycles. The third-order valence-corrected chi connectivity index (χ3v) is 6.30. The number of aromatic nitrogens is 3. The van der Waals surface area contributed by atoms with E-state index in [0.717, 1.165) is 17.8 Å². The van der Waals surface area contributed by atoms with Gasteiger partial charge in [-0.05, 0) is 49.1 Å². The summed E-state index contributed by atoms with van der Waals surface area (Å²) in [4.78, 5) is 13.7. The summed E-state index contributed by atoms with van der Waals surface area (Å²) in [6.45, 7) is 6.87. The van der Waals surface area contributed by atoms with E-state index in [2.05, 4.69) is 28.2 Å². The maximum Gasteiger partial charge on any atom is 0.233 e. The fraction of sp³-hybridized carbons (Fsp3) is 0.250. The minimum atomic E-state index is -0.283. The number of amides is 1. The minimum absolute atomic E-state index is 0.0113. The number of hydrogen-bond acceptors (Lipinski definition) is 5. The summed E-state index contributed by atoms with van der Waals surface area (Å²) in [6.07, 6.45) is 2.63. The second kappa shape index (κ2) is 9.91. The van der Waals surface area contributed by atoms with Gasteiger partial charge in [-0.1, -0.05) is 35.5 Å². The van der Waals surface area contributed by atoms with Gasteiger partial charge in [0.25, 0.3) is 0 Å². The van der Waals surface area contributed by atoms with Gasteiger partial charge in [0.2, 0.25) is 5.91 Å². The second-order valence-electron chi connectivity index (χ2n) is 6.09. The monoisotopic (exact) mass is 432 g/mol. The van der Waals surface area contributed by atoms with Crippen molar-refractivity contribution in [2.24, 2.45) is 0 Å². The van der Waals surface area contributed by atoms with Gasteiger partial charge in [-0.2, -0.15) is 0 Å². The molecule has 2 heterocycles. The van der Waals surface area contributed by atoms with Gasteiger partial charge in [-0.3, -0.25) is 9.36 Å². The number of nitrogens with zero attached hydrogens (tertiary/aromatic N) is 3. The molecule has 0 aliphatic heterocycles. The van der Waals surface area contributed by atoms with Crippen LogP contribution in [0.1, 0.15) is 11.8 Å². The van der Waals surface area contributed by atoms with Gasteiger partial charge >= 0.3 is 0 Å². The second-order valence-corrected chi connectivity index (χ2v) is 8.87. The van der Waals surface area contributed by atoms with Crippen LogP contribution < -0.4 is 5.32 Å². The van der Waals surface area contributed by atoms with E-state index >= 15 is 0 Å². The van der Waals surface area contributed by atoms with Gasteiger partial charge < -0.3 is 5.32 Å². The molecule has 0 saturated carbocycles. The van der Waals surface area contributed by atoms with Crippen LogP contribution >= 0.6 is 34.7 Å². The highest BCUT2D eigenvalue weighted by atomic mass is 35.5. The fourth-order valence-electron chi connectivity index (χ4n) is 2.60. The maximum atomic E-state index is 12.4. The quantitative estimate of drug-likeness (QED) is 0.393. The van der Waals surface area contributed by atoms with Crippen molar-refractivity contribution in [1.82, 2.24) is 20.1 Å². The highest BCUT2D eigenvalue weighted by molar-refractivity contribution is 8.00. The first-order valence-corrected chi connectivity index (χ1v) is 11.0. The normalized spacial score (nSPS) is 11.9. The average molecular weight is 433 g/mol. The van der Waals surface area contributed by atoms with Crippen molar-refractivity contribution >= 4 is 40.6 Å². The molecule has 1 amide bonds. The van der Waals surface area contributed by atoms with Gasteiger partial charge in [0, 0.05) is 28.6 Å². The van der Waals surface area contributed by atoms with Crippen LogP contribution in [0.2, 0.25) is 5.02 Å². The summed E-state index contributed by atoms with van der Waals surface area (Å²) in [6, 6.07) is 11.5. The molecule has 0 radical (unpaired) electrons. The Morgan fingerprint density at radius 2 is 2.14 bits per heavy atom. The Bertz CT molecular complexity index is 922. The van der Waals surface area contributed by atoms with Crippen LogP contribution in [0.25, 0.3) is 11.4 Å². The van der Waals surface area contributed by atoms with E-state index < -0.39 is 0 Å². The third-order valence-electron chi connectivity index (χ3n) is 4.03. The molecule has 3 rings (SSSR count). The van der Waals surface area contributed by atoms with Crippen molar-refractivity contribution in [3.05, 3.63) is 64.3 Å². The van der Waals surface area contributed by atoms with E-state index in [0.29, 0.717) is 23.3 Å². The van der Waals surface area contributed by atoms with Crippen molar-refractivity contribution in [1.29, 1.82) is 0 Å². The van der Waals surface area contributed by atoms with Crippen molar-refractivity contribution < 1.29 is 4.79 Å². The molecule has 0 aliphatic carbocycles. The van der Waals surface area contributed by atoms with Gasteiger partial charge in [0.05, 0.1) is 5.25 Å². The summed E-state index contributed by atoms with van der Waals surface area (Å²) >= 11 is 9.07. The molecule has 0 spiro atoms. The first-order chi connectivity index (χ1) is 13.6. The molecule has 28 heavy (non-hydrogen) atoms. The molecule has 3 aromatic rings. The number of thiophene rings is 1. The average Bonchev–Trinajstić information content (AvgIpc) is 3.33. The van der Waals surface area contributed by atoms with Crippen LogP contribution in [0, 0.1) is 0 Å². The number of rotatable bonds is 9. The van der Waals surface area contributed by atoms with Crippen LogP contribution in [-0.4, -0.2) is 32.5 Å². The van der Waals surface area contributed by atoms with Crippen molar-refractivity contribution in [2.75, 3.05) is 6.54 Å². The Labute approximate surface area is 177 Å². The molecule has 0 fully saturated rings. The molecule has 146 valence electrons. The molecule has 1 N–H and O–H groups in total. The Balaban J connectivity index is 1.66. The molecule has 8 heteroatoms. The Morgan fingerprint density at radius 3 is 2.82 bits per heavy atom. The van der Waals surface area contributed by atoms with Crippen molar-refractivity contribution in [3.8, 4) is 11.4 Å². The zero-order valence-electron chi connectivity index (χ0n) is 15.5. The highest BCUT2D eigenvalue weighted by Crippen LogP contribution is 2.27. The molecule has 0 saturated heterocycles. The first-order valence-electron chi connectivity index (χ1n) is 8.85. The van der Waals surface area contributed by atoms with Gasteiger partial charge in [0.1, 0.15) is 0 Å². The molecular formula is C20H21ClN4OS2. The number of halogens is 1. The summed E-state index contributed by atoms with van der Waals surface area (Å²) in [5, 5.41) is 14.7. The van der Waals surface area contributed by atoms with Gasteiger partial charge in [0.15, 0.2) is 11.0 Å². The van der Waals surface area contributed by atoms with E-state index in [9.17, 15) is 4.79 Å². The molecule has 5 nitrogen and oxygen atoms in total. The smallest absolute Gasteiger partial charge is 0.233 e. The van der Waals surface area contributed by atoms with Crippen LogP contribution in [0.15, 0.2) is 59.6 Å². The predicted octanol–water partition coefficient (Wildman–Crippen LogP) is 4.69.